The first-order valence-electron chi connectivity index (χ1n) is 11.0. The molecule has 5 rings (SSSR count). The summed E-state index contributed by atoms with van der Waals surface area (Å²) in [7, 11) is 0. The van der Waals surface area contributed by atoms with Crippen molar-refractivity contribution >= 4 is 34.4 Å². The highest BCUT2D eigenvalue weighted by molar-refractivity contribution is 8.00. The average molecular weight is 440 g/mol. The van der Waals surface area contributed by atoms with Crippen molar-refractivity contribution < 1.29 is 4.79 Å². The van der Waals surface area contributed by atoms with Crippen LogP contribution < -0.4 is 4.90 Å². The molecule has 0 saturated heterocycles. The molecule has 4 aromatic rings. The first-order valence-corrected chi connectivity index (χ1v) is 12.0. The molecule has 32 heavy (non-hydrogen) atoms. The van der Waals surface area contributed by atoms with Gasteiger partial charge in [-0.25, -0.2) is 9.97 Å². The zero-order chi connectivity index (χ0) is 21.9. The molecule has 160 valence electrons. The van der Waals surface area contributed by atoms with E-state index in [9.17, 15) is 4.79 Å². The number of carbonyl (C=O) groups excluding carboxylic acids is 1. The minimum Gasteiger partial charge on any atom is -0.311 e. The van der Waals surface area contributed by atoms with Gasteiger partial charge in [0.15, 0.2) is 0 Å². The fourth-order valence-corrected chi connectivity index (χ4v) is 5.01. The van der Waals surface area contributed by atoms with Crippen LogP contribution in [0.5, 0.6) is 0 Å². The van der Waals surface area contributed by atoms with Crippen molar-refractivity contribution in [2.75, 3.05) is 17.2 Å². The first kappa shape index (κ1) is 20.7. The number of hydrogen-bond acceptors (Lipinski definition) is 4. The number of fused-ring (bicyclic) bond motifs is 2. The molecule has 1 aromatic heterocycles. The van der Waals surface area contributed by atoms with Crippen LogP contribution in [0.1, 0.15) is 28.8 Å². The molecule has 0 atom stereocenters. The predicted molar refractivity (Wildman–Crippen MR) is 131 cm³/mol. The number of thioether (sulfide) groups is 1. The molecule has 0 spiro atoms. The van der Waals surface area contributed by atoms with Crippen LogP contribution in [-0.4, -0.2) is 28.2 Å². The Morgan fingerprint density at radius 2 is 1.66 bits per heavy atom. The Balaban J connectivity index is 1.40. The molecule has 0 aliphatic carbocycles. The van der Waals surface area contributed by atoms with Crippen LogP contribution in [-0.2, 0) is 17.6 Å². The zero-order valence-corrected chi connectivity index (χ0v) is 18.9. The number of amides is 1. The summed E-state index contributed by atoms with van der Waals surface area (Å²) < 4.78 is 0. The van der Waals surface area contributed by atoms with E-state index in [-0.39, 0.29) is 5.91 Å². The van der Waals surface area contributed by atoms with Crippen LogP contribution in [0.15, 0.2) is 77.8 Å². The fourth-order valence-electron chi connectivity index (χ4n) is 4.15. The van der Waals surface area contributed by atoms with Crippen LogP contribution in [0, 0.1) is 6.92 Å². The van der Waals surface area contributed by atoms with Gasteiger partial charge in [0.1, 0.15) is 5.03 Å². The number of hydrogen-bond donors (Lipinski definition) is 0. The number of rotatable bonds is 5. The van der Waals surface area contributed by atoms with E-state index < -0.39 is 0 Å². The van der Waals surface area contributed by atoms with Crippen molar-refractivity contribution in [1.29, 1.82) is 0 Å². The maximum Gasteiger partial charge on any atom is 0.237 e. The lowest BCUT2D eigenvalue weighted by atomic mass is 10.0. The molecule has 0 bridgehead atoms. The Hall–Kier alpha value is -3.18. The summed E-state index contributed by atoms with van der Waals surface area (Å²) in [6, 6.07) is 24.7. The van der Waals surface area contributed by atoms with Crippen LogP contribution in [0.2, 0.25) is 0 Å². The Bertz CT molecular complexity index is 1270. The van der Waals surface area contributed by atoms with Gasteiger partial charge in [-0.2, -0.15) is 0 Å². The first-order chi connectivity index (χ1) is 15.7. The monoisotopic (exact) mass is 439 g/mol. The molecule has 0 radical (unpaired) electrons. The van der Waals surface area contributed by atoms with E-state index in [0.717, 1.165) is 46.8 Å². The third-order valence-corrected chi connectivity index (χ3v) is 6.83. The maximum atomic E-state index is 13.2. The van der Waals surface area contributed by atoms with Gasteiger partial charge in [0, 0.05) is 18.7 Å². The van der Waals surface area contributed by atoms with Crippen LogP contribution >= 0.6 is 11.8 Å². The number of aryl methyl sites for hydroxylation is 2. The minimum absolute atomic E-state index is 0.124. The number of carbonyl (C=O) groups is 1. The van der Waals surface area contributed by atoms with E-state index in [0.29, 0.717) is 12.2 Å². The topological polar surface area (TPSA) is 46.1 Å². The largest absolute Gasteiger partial charge is 0.311 e. The fraction of sp³-hybridized carbons (Fsp3) is 0.222. The minimum atomic E-state index is 0.124. The molecule has 0 fully saturated rings. The molecule has 4 nitrogen and oxygen atoms in total. The molecule has 0 saturated carbocycles. The van der Waals surface area contributed by atoms with Crippen molar-refractivity contribution in [3.8, 4) is 0 Å². The van der Waals surface area contributed by atoms with E-state index in [2.05, 4.69) is 43.3 Å². The second-order valence-corrected chi connectivity index (χ2v) is 9.16. The number of nitrogens with zero attached hydrogens (tertiary/aromatic N) is 3. The molecule has 5 heteroatoms. The highest BCUT2D eigenvalue weighted by Crippen LogP contribution is 2.29. The second kappa shape index (κ2) is 9.13. The lowest BCUT2D eigenvalue weighted by Gasteiger charge is -2.29. The number of benzene rings is 3. The molecule has 0 N–H and O–H groups in total. The molecule has 1 aliphatic rings. The van der Waals surface area contributed by atoms with Crippen molar-refractivity contribution in [3.05, 3.63) is 95.2 Å². The lowest BCUT2D eigenvalue weighted by Crippen LogP contribution is -2.36. The summed E-state index contributed by atoms with van der Waals surface area (Å²) in [5, 5.41) is 0.836. The van der Waals surface area contributed by atoms with Gasteiger partial charge in [-0.05, 0) is 49.1 Å². The van der Waals surface area contributed by atoms with Gasteiger partial charge in [0.2, 0.25) is 5.91 Å². The van der Waals surface area contributed by atoms with E-state index in [1.165, 1.54) is 28.5 Å². The quantitative estimate of drug-likeness (QED) is 0.380. The second-order valence-electron chi connectivity index (χ2n) is 8.19. The van der Waals surface area contributed by atoms with E-state index >= 15 is 0 Å². The Morgan fingerprint density at radius 3 is 2.47 bits per heavy atom. The summed E-state index contributed by atoms with van der Waals surface area (Å²) in [5.74, 6) is 0.473. The van der Waals surface area contributed by atoms with Gasteiger partial charge in [0.05, 0.1) is 22.5 Å². The van der Waals surface area contributed by atoms with Gasteiger partial charge in [0.25, 0.3) is 0 Å². The van der Waals surface area contributed by atoms with Crippen molar-refractivity contribution in [3.63, 3.8) is 0 Å². The van der Waals surface area contributed by atoms with Gasteiger partial charge in [-0.1, -0.05) is 71.9 Å². The zero-order valence-electron chi connectivity index (χ0n) is 18.1. The molecule has 1 aliphatic heterocycles. The van der Waals surface area contributed by atoms with Crippen molar-refractivity contribution in [1.82, 2.24) is 9.97 Å². The van der Waals surface area contributed by atoms with E-state index in [1.807, 2.05) is 41.3 Å². The highest BCUT2D eigenvalue weighted by Gasteiger charge is 2.23. The molecule has 2 heterocycles. The Labute approximate surface area is 192 Å². The molecule has 3 aromatic carbocycles. The number of para-hydroxylation sites is 3. The summed E-state index contributed by atoms with van der Waals surface area (Å²) in [6.07, 6.45) is 2.73. The number of aromatic nitrogens is 2. The van der Waals surface area contributed by atoms with Crippen molar-refractivity contribution in [2.24, 2.45) is 0 Å². The van der Waals surface area contributed by atoms with Crippen LogP contribution in [0.4, 0.5) is 5.69 Å². The molecular formula is C27H25N3OS. The van der Waals surface area contributed by atoms with Gasteiger partial charge < -0.3 is 4.90 Å². The number of anilines is 1. The van der Waals surface area contributed by atoms with E-state index in [4.69, 9.17) is 9.97 Å². The predicted octanol–water partition coefficient (Wildman–Crippen LogP) is 5.60. The smallest absolute Gasteiger partial charge is 0.237 e. The van der Waals surface area contributed by atoms with Gasteiger partial charge in [-0.15, -0.1) is 0 Å². The summed E-state index contributed by atoms with van der Waals surface area (Å²) in [6.45, 7) is 2.86. The standard InChI is InChI=1S/C27H25N3OS/c1-19-12-14-20(15-13-19)17-24-27(29-23-10-4-3-9-22(23)28-24)32-18-26(31)30-16-6-8-21-7-2-5-11-25(21)30/h2-5,7,9-15H,6,8,16-18H2,1H3. The normalized spacial score (nSPS) is 13.2. The third-order valence-electron chi connectivity index (χ3n) is 5.84. The maximum absolute atomic E-state index is 13.2. The van der Waals surface area contributed by atoms with Crippen molar-refractivity contribution in [2.45, 2.75) is 31.2 Å². The molecule has 1 amide bonds. The molecule has 0 unspecified atom stereocenters. The average Bonchev–Trinajstić information content (AvgIpc) is 2.83. The summed E-state index contributed by atoms with van der Waals surface area (Å²) in [5.41, 5.74) is 7.40. The van der Waals surface area contributed by atoms with Gasteiger partial charge in [-0.3, -0.25) is 4.79 Å². The summed E-state index contributed by atoms with van der Waals surface area (Å²) in [4.78, 5) is 24.9. The Morgan fingerprint density at radius 1 is 0.938 bits per heavy atom. The Kier molecular flexibility index (Phi) is 5.91. The third kappa shape index (κ3) is 4.39. The van der Waals surface area contributed by atoms with Crippen LogP contribution in [0.25, 0.3) is 11.0 Å². The lowest BCUT2D eigenvalue weighted by molar-refractivity contribution is -0.116. The van der Waals surface area contributed by atoms with Crippen LogP contribution in [0.3, 0.4) is 0 Å². The van der Waals surface area contributed by atoms with E-state index in [1.54, 1.807) is 0 Å². The summed E-state index contributed by atoms with van der Waals surface area (Å²) >= 11 is 1.50. The highest BCUT2D eigenvalue weighted by atomic mass is 32.2. The SMILES string of the molecule is Cc1ccc(Cc2nc3ccccc3nc2SCC(=O)N2CCCc3ccccc32)cc1. The molecular weight excluding hydrogens is 414 g/mol. The van der Waals surface area contributed by atoms with Gasteiger partial charge >= 0.3 is 0 Å².